The van der Waals surface area contributed by atoms with E-state index >= 15 is 0 Å². The molecule has 204 valence electrons. The van der Waals surface area contributed by atoms with E-state index in [1.807, 2.05) is 12.1 Å². The summed E-state index contributed by atoms with van der Waals surface area (Å²) in [4.78, 5) is 49.7. The van der Waals surface area contributed by atoms with Gasteiger partial charge in [0, 0.05) is 24.0 Å². The van der Waals surface area contributed by atoms with Crippen LogP contribution in [0.15, 0.2) is 66.7 Å². The molecule has 0 fully saturated rings. The van der Waals surface area contributed by atoms with E-state index in [1.165, 1.54) is 25.3 Å². The van der Waals surface area contributed by atoms with Crippen molar-refractivity contribution in [1.82, 2.24) is 0 Å². The smallest absolute Gasteiger partial charge is 0.257 e. The number of carbonyl (C=O) groups excluding carboxylic acids is 4. The van der Waals surface area contributed by atoms with E-state index in [0.717, 1.165) is 5.56 Å². The van der Waals surface area contributed by atoms with Crippen molar-refractivity contribution in [3.8, 4) is 5.75 Å². The molecule has 0 heterocycles. The molecule has 0 aliphatic heterocycles. The van der Waals surface area contributed by atoms with Gasteiger partial charge >= 0.3 is 0 Å². The van der Waals surface area contributed by atoms with Crippen LogP contribution in [0.2, 0.25) is 0 Å². The van der Waals surface area contributed by atoms with Crippen LogP contribution in [0.3, 0.4) is 0 Å². The Morgan fingerprint density at radius 1 is 0.821 bits per heavy atom. The van der Waals surface area contributed by atoms with Crippen molar-refractivity contribution in [3.05, 3.63) is 83.4 Å². The average Bonchev–Trinajstić information content (AvgIpc) is 2.91. The molecule has 39 heavy (non-hydrogen) atoms. The van der Waals surface area contributed by atoms with E-state index in [-0.39, 0.29) is 23.1 Å². The largest absolute Gasteiger partial charge is 0.497 e. The van der Waals surface area contributed by atoms with Crippen LogP contribution in [-0.2, 0) is 19.7 Å². The molecule has 0 aliphatic carbocycles. The van der Waals surface area contributed by atoms with Crippen molar-refractivity contribution in [2.75, 3.05) is 30.2 Å². The first-order valence-corrected chi connectivity index (χ1v) is 12.3. The normalized spacial score (nSPS) is 11.7. The summed E-state index contributed by atoms with van der Waals surface area (Å²) in [5.74, 6) is -0.696. The van der Waals surface area contributed by atoms with Gasteiger partial charge in [-0.2, -0.15) is 0 Å². The van der Waals surface area contributed by atoms with Gasteiger partial charge in [-0.1, -0.05) is 32.9 Å². The van der Waals surface area contributed by atoms with E-state index in [0.29, 0.717) is 29.0 Å². The molecule has 0 saturated heterocycles. The summed E-state index contributed by atoms with van der Waals surface area (Å²) < 4.78 is 10.1. The Kier molecular flexibility index (Phi) is 9.57. The van der Waals surface area contributed by atoms with Gasteiger partial charge < -0.3 is 30.2 Å². The Labute approximate surface area is 227 Å². The minimum atomic E-state index is -0.880. The number of carbonyl (C=O) groups is 4. The standard InChI is InChI=1S/C30H33N3O6/c1-30(2,3)20-8-6-19(7-9-20)28(36)33-26-16-22(31-27(35)17-24(18-34)39-5)12-15-25(26)29(37)32-21-10-13-23(38-4)14-11-21/h6-16,18,24H,17H2,1-5H3,(H,31,35)(H,32,37)(H,33,36). The molecule has 3 N–H and O–H groups in total. The monoisotopic (exact) mass is 531 g/mol. The van der Waals surface area contributed by atoms with Gasteiger partial charge in [-0.05, 0) is 65.6 Å². The Morgan fingerprint density at radius 3 is 2.03 bits per heavy atom. The molecule has 3 aromatic rings. The first-order chi connectivity index (χ1) is 18.5. The molecular formula is C30H33N3O6. The van der Waals surface area contributed by atoms with Crippen molar-refractivity contribution in [3.63, 3.8) is 0 Å². The van der Waals surface area contributed by atoms with Crippen LogP contribution in [-0.4, -0.2) is 44.3 Å². The fourth-order valence-corrected chi connectivity index (χ4v) is 3.69. The minimum Gasteiger partial charge on any atom is -0.497 e. The van der Waals surface area contributed by atoms with Crippen LogP contribution in [0.25, 0.3) is 0 Å². The number of nitrogens with one attached hydrogen (secondary N) is 3. The van der Waals surface area contributed by atoms with E-state index in [9.17, 15) is 19.2 Å². The number of amides is 3. The highest BCUT2D eigenvalue weighted by Gasteiger charge is 2.19. The molecule has 9 heteroatoms. The lowest BCUT2D eigenvalue weighted by Crippen LogP contribution is -2.23. The maximum Gasteiger partial charge on any atom is 0.257 e. The molecular weight excluding hydrogens is 498 g/mol. The summed E-state index contributed by atoms with van der Waals surface area (Å²) >= 11 is 0. The molecule has 0 bridgehead atoms. The highest BCUT2D eigenvalue weighted by molar-refractivity contribution is 6.13. The van der Waals surface area contributed by atoms with Gasteiger partial charge in [-0.15, -0.1) is 0 Å². The summed E-state index contributed by atoms with van der Waals surface area (Å²) in [6.45, 7) is 6.25. The van der Waals surface area contributed by atoms with Gasteiger partial charge in [-0.3, -0.25) is 14.4 Å². The lowest BCUT2D eigenvalue weighted by atomic mass is 9.86. The minimum absolute atomic E-state index is 0.0695. The molecule has 3 rings (SSSR count). The van der Waals surface area contributed by atoms with E-state index < -0.39 is 23.8 Å². The number of hydrogen-bond acceptors (Lipinski definition) is 6. The quantitative estimate of drug-likeness (QED) is 0.315. The first-order valence-electron chi connectivity index (χ1n) is 12.3. The zero-order valence-corrected chi connectivity index (χ0v) is 22.7. The van der Waals surface area contributed by atoms with E-state index in [2.05, 4.69) is 36.7 Å². The average molecular weight is 532 g/mol. The van der Waals surface area contributed by atoms with Gasteiger partial charge in [0.1, 0.15) is 18.1 Å². The topological polar surface area (TPSA) is 123 Å². The van der Waals surface area contributed by atoms with Gasteiger partial charge in [0.2, 0.25) is 5.91 Å². The summed E-state index contributed by atoms with van der Waals surface area (Å²) in [6.07, 6.45) is -0.514. The van der Waals surface area contributed by atoms with Gasteiger partial charge in [0.05, 0.1) is 24.8 Å². The fraction of sp³-hybridized carbons (Fsp3) is 0.267. The molecule has 3 aromatic carbocycles. The first kappa shape index (κ1) is 29.1. The third-order valence-corrected chi connectivity index (χ3v) is 6.00. The van der Waals surface area contributed by atoms with Crippen molar-refractivity contribution in [1.29, 1.82) is 0 Å². The highest BCUT2D eigenvalue weighted by Crippen LogP contribution is 2.26. The Balaban J connectivity index is 1.88. The number of aldehydes is 1. The van der Waals surface area contributed by atoms with Crippen molar-refractivity contribution < 1.29 is 28.7 Å². The lowest BCUT2D eigenvalue weighted by Gasteiger charge is -2.19. The molecule has 0 spiro atoms. The Hall–Kier alpha value is -4.50. The highest BCUT2D eigenvalue weighted by atomic mass is 16.5. The van der Waals surface area contributed by atoms with Gasteiger partial charge in [0.25, 0.3) is 11.8 Å². The molecule has 1 unspecified atom stereocenters. The maximum absolute atomic E-state index is 13.2. The number of ether oxygens (including phenoxy) is 2. The summed E-state index contributed by atoms with van der Waals surface area (Å²) in [7, 11) is 2.89. The van der Waals surface area contributed by atoms with Gasteiger partial charge in [0.15, 0.2) is 0 Å². The third-order valence-electron chi connectivity index (χ3n) is 6.00. The molecule has 1 atom stereocenters. The summed E-state index contributed by atoms with van der Waals surface area (Å²) in [5, 5.41) is 8.27. The second-order valence-corrected chi connectivity index (χ2v) is 9.89. The predicted molar refractivity (Wildman–Crippen MR) is 151 cm³/mol. The summed E-state index contributed by atoms with van der Waals surface area (Å²) in [6, 6.07) is 18.6. The fourth-order valence-electron chi connectivity index (χ4n) is 3.69. The lowest BCUT2D eigenvalue weighted by molar-refractivity contribution is -0.124. The Bertz CT molecular complexity index is 1330. The van der Waals surface area contributed by atoms with Crippen LogP contribution in [0.5, 0.6) is 5.75 Å². The van der Waals surface area contributed by atoms with Crippen molar-refractivity contribution >= 4 is 41.1 Å². The van der Waals surface area contributed by atoms with Crippen LogP contribution in [0.1, 0.15) is 53.5 Å². The van der Waals surface area contributed by atoms with Crippen LogP contribution < -0.4 is 20.7 Å². The zero-order chi connectivity index (χ0) is 28.6. The zero-order valence-electron chi connectivity index (χ0n) is 22.7. The van der Waals surface area contributed by atoms with Crippen LogP contribution in [0.4, 0.5) is 17.1 Å². The second kappa shape index (κ2) is 12.8. The maximum atomic E-state index is 13.2. The number of anilines is 3. The molecule has 0 aliphatic rings. The Morgan fingerprint density at radius 2 is 1.46 bits per heavy atom. The molecule has 0 aromatic heterocycles. The number of methoxy groups -OCH3 is 2. The van der Waals surface area contributed by atoms with Crippen molar-refractivity contribution in [2.45, 2.75) is 38.7 Å². The molecule has 0 radical (unpaired) electrons. The van der Waals surface area contributed by atoms with Gasteiger partial charge in [-0.25, -0.2) is 0 Å². The second-order valence-electron chi connectivity index (χ2n) is 9.89. The van der Waals surface area contributed by atoms with E-state index in [1.54, 1.807) is 43.5 Å². The molecule has 0 saturated carbocycles. The number of rotatable bonds is 10. The van der Waals surface area contributed by atoms with E-state index in [4.69, 9.17) is 9.47 Å². The molecule has 9 nitrogen and oxygen atoms in total. The van der Waals surface area contributed by atoms with Crippen LogP contribution in [0, 0.1) is 0 Å². The van der Waals surface area contributed by atoms with Crippen molar-refractivity contribution in [2.24, 2.45) is 0 Å². The number of hydrogen-bond donors (Lipinski definition) is 3. The number of benzene rings is 3. The molecule has 3 amide bonds. The van der Waals surface area contributed by atoms with Crippen LogP contribution >= 0.6 is 0 Å². The summed E-state index contributed by atoms with van der Waals surface area (Å²) in [5.41, 5.74) is 2.67. The predicted octanol–water partition coefficient (Wildman–Crippen LogP) is 5.04. The SMILES string of the molecule is COc1ccc(NC(=O)c2ccc(NC(=O)CC(C=O)OC)cc2NC(=O)c2ccc(C(C)(C)C)cc2)cc1. The third kappa shape index (κ3) is 7.99.